The molecule has 0 radical (unpaired) electrons. The minimum atomic E-state index is 0.511. The molecule has 1 atom stereocenters. The van der Waals surface area contributed by atoms with Crippen LogP contribution in [-0.4, -0.2) is 43.0 Å². The molecule has 104 valence electrons. The van der Waals surface area contributed by atoms with E-state index in [-0.39, 0.29) is 0 Å². The number of likely N-dealkylation sites (N-methyl/N-ethyl adjacent to an activating group) is 2. The summed E-state index contributed by atoms with van der Waals surface area (Å²) in [4.78, 5) is 4.63. The van der Waals surface area contributed by atoms with Crippen LogP contribution in [-0.2, 0) is 13.1 Å². The van der Waals surface area contributed by atoms with E-state index in [0.717, 1.165) is 36.7 Å². The third kappa shape index (κ3) is 4.12. The maximum absolute atomic E-state index is 5.76. The Kier molecular flexibility index (Phi) is 5.85. The number of hydrogen-bond donors (Lipinski definition) is 1. The molecule has 1 rings (SSSR count). The largest absolute Gasteiger partial charge is 0.465 e. The number of hydrogen-bond acceptors (Lipinski definition) is 4. The Morgan fingerprint density at radius 3 is 2.50 bits per heavy atom. The minimum absolute atomic E-state index is 0.511. The van der Waals surface area contributed by atoms with Gasteiger partial charge in [0.15, 0.2) is 0 Å². The van der Waals surface area contributed by atoms with Crippen LogP contribution in [0, 0.1) is 6.92 Å². The van der Waals surface area contributed by atoms with Gasteiger partial charge in [-0.3, -0.25) is 4.90 Å². The summed E-state index contributed by atoms with van der Waals surface area (Å²) in [6.45, 7) is 9.89. The van der Waals surface area contributed by atoms with Gasteiger partial charge in [0.25, 0.3) is 0 Å². The van der Waals surface area contributed by atoms with E-state index in [2.05, 4.69) is 43.8 Å². The number of furan rings is 1. The van der Waals surface area contributed by atoms with Crippen molar-refractivity contribution < 1.29 is 4.42 Å². The topological polar surface area (TPSA) is 45.6 Å². The van der Waals surface area contributed by atoms with E-state index < -0.39 is 0 Å². The summed E-state index contributed by atoms with van der Waals surface area (Å²) in [5.41, 5.74) is 6.79. The van der Waals surface area contributed by atoms with Crippen molar-refractivity contribution in [1.29, 1.82) is 0 Å². The normalized spacial score (nSPS) is 13.6. The highest BCUT2D eigenvalue weighted by atomic mass is 16.3. The summed E-state index contributed by atoms with van der Waals surface area (Å²) in [5.74, 6) is 1.96. The first-order valence-electron chi connectivity index (χ1n) is 6.64. The quantitative estimate of drug-likeness (QED) is 0.805. The monoisotopic (exact) mass is 253 g/mol. The highest BCUT2D eigenvalue weighted by molar-refractivity contribution is 5.20. The van der Waals surface area contributed by atoms with E-state index in [1.54, 1.807) is 0 Å². The van der Waals surface area contributed by atoms with Gasteiger partial charge < -0.3 is 15.1 Å². The molecule has 0 fully saturated rings. The first-order valence-corrected chi connectivity index (χ1v) is 6.64. The van der Waals surface area contributed by atoms with Gasteiger partial charge in [0, 0.05) is 24.7 Å². The Bertz CT molecular complexity index is 360. The van der Waals surface area contributed by atoms with Crippen molar-refractivity contribution >= 4 is 0 Å². The van der Waals surface area contributed by atoms with E-state index in [9.17, 15) is 0 Å². The average molecular weight is 253 g/mol. The number of nitrogens with zero attached hydrogens (tertiary/aromatic N) is 2. The Morgan fingerprint density at radius 2 is 2.06 bits per heavy atom. The predicted octanol–water partition coefficient (Wildman–Crippen LogP) is 1.82. The molecule has 0 aromatic carbocycles. The van der Waals surface area contributed by atoms with E-state index in [1.807, 2.05) is 6.92 Å². The van der Waals surface area contributed by atoms with Crippen LogP contribution >= 0.6 is 0 Å². The summed E-state index contributed by atoms with van der Waals surface area (Å²) < 4.78 is 5.76. The zero-order chi connectivity index (χ0) is 13.7. The lowest BCUT2D eigenvalue weighted by Gasteiger charge is -2.29. The van der Waals surface area contributed by atoms with E-state index >= 15 is 0 Å². The van der Waals surface area contributed by atoms with Crippen LogP contribution in [0.4, 0.5) is 0 Å². The molecule has 4 nitrogen and oxygen atoms in total. The van der Waals surface area contributed by atoms with Crippen molar-refractivity contribution in [3.05, 3.63) is 23.2 Å². The number of nitrogens with two attached hydrogens (primary N) is 1. The molecule has 0 bridgehead atoms. The molecule has 1 heterocycles. The van der Waals surface area contributed by atoms with Crippen molar-refractivity contribution in [3.63, 3.8) is 0 Å². The lowest BCUT2D eigenvalue weighted by molar-refractivity contribution is 0.162. The van der Waals surface area contributed by atoms with E-state index in [4.69, 9.17) is 10.2 Å². The van der Waals surface area contributed by atoms with E-state index in [0.29, 0.717) is 12.6 Å². The smallest absolute Gasteiger partial charge is 0.118 e. The van der Waals surface area contributed by atoms with Crippen molar-refractivity contribution in [2.45, 2.75) is 39.9 Å². The van der Waals surface area contributed by atoms with Gasteiger partial charge >= 0.3 is 0 Å². The fraction of sp³-hybridized carbons (Fsp3) is 0.714. The fourth-order valence-corrected chi connectivity index (χ4v) is 2.29. The molecule has 2 N–H and O–H groups in total. The average Bonchev–Trinajstić information content (AvgIpc) is 2.65. The van der Waals surface area contributed by atoms with Crippen LogP contribution in [0.3, 0.4) is 0 Å². The highest BCUT2D eigenvalue weighted by Gasteiger charge is 2.16. The Labute approximate surface area is 111 Å². The fourth-order valence-electron chi connectivity index (χ4n) is 2.29. The Hall–Kier alpha value is -0.840. The molecule has 0 amide bonds. The van der Waals surface area contributed by atoms with Gasteiger partial charge in [-0.2, -0.15) is 0 Å². The lowest BCUT2D eigenvalue weighted by Crippen LogP contribution is -2.39. The Balaban J connectivity index is 2.66. The molecule has 1 unspecified atom stereocenters. The molecular weight excluding hydrogens is 226 g/mol. The summed E-state index contributed by atoms with van der Waals surface area (Å²) in [7, 11) is 4.21. The van der Waals surface area contributed by atoms with Crippen LogP contribution in [0.5, 0.6) is 0 Å². The first kappa shape index (κ1) is 15.2. The zero-order valence-electron chi connectivity index (χ0n) is 12.4. The third-order valence-electron chi connectivity index (χ3n) is 3.31. The van der Waals surface area contributed by atoms with E-state index in [1.165, 1.54) is 0 Å². The van der Waals surface area contributed by atoms with Crippen molar-refractivity contribution in [3.8, 4) is 0 Å². The van der Waals surface area contributed by atoms with Crippen LogP contribution < -0.4 is 5.73 Å². The second-order valence-corrected chi connectivity index (χ2v) is 5.17. The maximum atomic E-state index is 5.76. The molecule has 18 heavy (non-hydrogen) atoms. The van der Waals surface area contributed by atoms with Crippen LogP contribution in [0.15, 0.2) is 10.5 Å². The number of aryl methyl sites for hydroxylation is 1. The molecular formula is C14H27N3O. The molecule has 0 aliphatic heterocycles. The summed E-state index contributed by atoms with van der Waals surface area (Å²) in [6.07, 6.45) is 0. The summed E-state index contributed by atoms with van der Waals surface area (Å²) in [5, 5.41) is 0. The Morgan fingerprint density at radius 1 is 1.39 bits per heavy atom. The van der Waals surface area contributed by atoms with Crippen LogP contribution in [0.1, 0.15) is 30.9 Å². The molecule has 1 aromatic heterocycles. The van der Waals surface area contributed by atoms with Gasteiger partial charge in [0.1, 0.15) is 11.5 Å². The molecule has 0 aliphatic rings. The SMILES string of the molecule is CCN(Cc1cc(CN)c(C)o1)C(C)CN(C)C. The van der Waals surface area contributed by atoms with Crippen molar-refractivity contribution in [1.82, 2.24) is 9.80 Å². The second kappa shape index (κ2) is 6.92. The van der Waals surface area contributed by atoms with Crippen LogP contribution in [0.2, 0.25) is 0 Å². The standard InChI is InChI=1S/C14H27N3O/c1-6-17(11(2)9-16(4)5)10-14-7-13(8-15)12(3)18-14/h7,11H,6,8-10,15H2,1-5H3. The van der Waals surface area contributed by atoms with Gasteiger partial charge in [-0.25, -0.2) is 0 Å². The van der Waals surface area contributed by atoms with Crippen molar-refractivity contribution in [2.75, 3.05) is 27.2 Å². The predicted molar refractivity (Wildman–Crippen MR) is 75.4 cm³/mol. The molecule has 4 heteroatoms. The van der Waals surface area contributed by atoms with Gasteiger partial charge in [-0.15, -0.1) is 0 Å². The third-order valence-corrected chi connectivity index (χ3v) is 3.31. The van der Waals surface area contributed by atoms with Crippen molar-refractivity contribution in [2.24, 2.45) is 5.73 Å². The van der Waals surface area contributed by atoms with Gasteiger partial charge in [0.2, 0.25) is 0 Å². The zero-order valence-corrected chi connectivity index (χ0v) is 12.4. The van der Waals surface area contributed by atoms with Gasteiger partial charge in [-0.1, -0.05) is 6.92 Å². The second-order valence-electron chi connectivity index (χ2n) is 5.17. The lowest BCUT2D eigenvalue weighted by atomic mass is 10.2. The molecule has 1 aromatic rings. The maximum Gasteiger partial charge on any atom is 0.118 e. The number of rotatable bonds is 7. The minimum Gasteiger partial charge on any atom is -0.465 e. The summed E-state index contributed by atoms with van der Waals surface area (Å²) >= 11 is 0. The molecule has 0 aliphatic carbocycles. The molecule has 0 saturated heterocycles. The summed E-state index contributed by atoms with van der Waals surface area (Å²) in [6, 6.07) is 2.59. The molecule has 0 saturated carbocycles. The van der Waals surface area contributed by atoms with Gasteiger partial charge in [-0.05, 0) is 40.6 Å². The first-order chi connectivity index (χ1) is 8.47. The molecule has 0 spiro atoms. The highest BCUT2D eigenvalue weighted by Crippen LogP contribution is 2.17. The van der Waals surface area contributed by atoms with Gasteiger partial charge in [0.05, 0.1) is 6.54 Å². The van der Waals surface area contributed by atoms with Crippen LogP contribution in [0.25, 0.3) is 0 Å².